The third-order valence-electron chi connectivity index (χ3n) is 4.32. The van der Waals surface area contributed by atoms with Gasteiger partial charge in [0.2, 0.25) is 5.95 Å². The smallest absolute Gasteiger partial charge is 0.224 e. The molecule has 2 N–H and O–H groups in total. The van der Waals surface area contributed by atoms with Crippen molar-refractivity contribution in [3.05, 3.63) is 41.1 Å². The van der Waals surface area contributed by atoms with Gasteiger partial charge in [-0.15, -0.1) is 0 Å². The van der Waals surface area contributed by atoms with Gasteiger partial charge in [-0.1, -0.05) is 45.9 Å². The SMILES string of the molecule is Cc1cc(Nc2c(C(C)C)cccc2C(C)C)nc(NCCN(C)C)n1. The maximum absolute atomic E-state index is 4.67. The minimum absolute atomic E-state index is 0.442. The topological polar surface area (TPSA) is 53.1 Å². The average Bonchev–Trinajstić information content (AvgIpc) is 2.53. The van der Waals surface area contributed by atoms with Crippen LogP contribution < -0.4 is 10.6 Å². The Morgan fingerprint density at radius 2 is 1.62 bits per heavy atom. The van der Waals surface area contributed by atoms with E-state index in [0.717, 1.165) is 24.6 Å². The molecule has 0 saturated carbocycles. The second kappa shape index (κ2) is 8.99. The molecule has 5 nitrogen and oxygen atoms in total. The number of hydrogen-bond donors (Lipinski definition) is 2. The Balaban J connectivity index is 2.32. The molecule has 0 aliphatic rings. The zero-order valence-electron chi connectivity index (χ0n) is 17.2. The third kappa shape index (κ3) is 5.43. The predicted molar refractivity (Wildman–Crippen MR) is 112 cm³/mol. The lowest BCUT2D eigenvalue weighted by Gasteiger charge is -2.21. The molecule has 0 bridgehead atoms. The van der Waals surface area contributed by atoms with Gasteiger partial charge in [0.05, 0.1) is 0 Å². The monoisotopic (exact) mass is 355 g/mol. The highest BCUT2D eigenvalue weighted by Crippen LogP contribution is 2.34. The quantitative estimate of drug-likeness (QED) is 0.716. The Labute approximate surface area is 158 Å². The molecule has 0 fully saturated rings. The number of aryl methyl sites for hydroxylation is 1. The van der Waals surface area contributed by atoms with Gasteiger partial charge in [0.1, 0.15) is 5.82 Å². The number of hydrogen-bond acceptors (Lipinski definition) is 5. The summed E-state index contributed by atoms with van der Waals surface area (Å²) in [5.41, 5.74) is 4.75. The van der Waals surface area contributed by atoms with Crippen LogP contribution in [-0.2, 0) is 0 Å². The van der Waals surface area contributed by atoms with Gasteiger partial charge in [-0.2, -0.15) is 4.98 Å². The van der Waals surface area contributed by atoms with Gasteiger partial charge >= 0.3 is 0 Å². The van der Waals surface area contributed by atoms with E-state index >= 15 is 0 Å². The number of para-hydroxylation sites is 1. The molecule has 1 aromatic heterocycles. The van der Waals surface area contributed by atoms with E-state index in [0.29, 0.717) is 17.8 Å². The number of rotatable bonds is 8. The van der Waals surface area contributed by atoms with Crippen LogP contribution >= 0.6 is 0 Å². The van der Waals surface area contributed by atoms with Crippen LogP contribution in [0.25, 0.3) is 0 Å². The molecular formula is C21H33N5. The first kappa shape index (κ1) is 20.2. The summed E-state index contributed by atoms with van der Waals surface area (Å²) in [6, 6.07) is 8.54. The molecule has 0 amide bonds. The van der Waals surface area contributed by atoms with Crippen molar-refractivity contribution in [2.45, 2.75) is 46.5 Å². The van der Waals surface area contributed by atoms with Gasteiger partial charge in [-0.05, 0) is 44.0 Å². The number of benzene rings is 1. The normalized spacial score (nSPS) is 11.5. The molecule has 2 rings (SSSR count). The minimum Gasteiger partial charge on any atom is -0.353 e. The Kier molecular flexibility index (Phi) is 6.98. The van der Waals surface area contributed by atoms with Crippen LogP contribution in [0.1, 0.15) is 56.4 Å². The predicted octanol–water partition coefficient (Wildman–Crippen LogP) is 4.75. The number of anilines is 3. The van der Waals surface area contributed by atoms with Crippen LogP contribution in [0.4, 0.5) is 17.5 Å². The van der Waals surface area contributed by atoms with E-state index in [2.05, 4.69) is 85.5 Å². The van der Waals surface area contributed by atoms with Crippen molar-refractivity contribution in [2.75, 3.05) is 37.8 Å². The van der Waals surface area contributed by atoms with Crippen molar-refractivity contribution in [3.63, 3.8) is 0 Å². The van der Waals surface area contributed by atoms with Crippen LogP contribution in [0.2, 0.25) is 0 Å². The molecule has 0 atom stereocenters. The maximum atomic E-state index is 4.67. The van der Waals surface area contributed by atoms with E-state index in [1.54, 1.807) is 0 Å². The molecule has 1 heterocycles. The maximum Gasteiger partial charge on any atom is 0.224 e. The molecule has 2 aromatic rings. The first-order valence-electron chi connectivity index (χ1n) is 9.42. The van der Waals surface area contributed by atoms with Crippen molar-refractivity contribution in [1.29, 1.82) is 0 Å². The lowest BCUT2D eigenvalue weighted by atomic mass is 9.92. The van der Waals surface area contributed by atoms with Crippen molar-refractivity contribution >= 4 is 17.5 Å². The van der Waals surface area contributed by atoms with Crippen molar-refractivity contribution in [1.82, 2.24) is 14.9 Å². The summed E-state index contributed by atoms with van der Waals surface area (Å²) in [6.07, 6.45) is 0. The van der Waals surface area contributed by atoms with E-state index in [-0.39, 0.29) is 0 Å². The van der Waals surface area contributed by atoms with Gasteiger partial charge in [0.15, 0.2) is 0 Å². The number of nitrogens with one attached hydrogen (secondary N) is 2. The van der Waals surface area contributed by atoms with E-state index in [4.69, 9.17) is 0 Å². The van der Waals surface area contributed by atoms with Crippen LogP contribution in [0, 0.1) is 6.92 Å². The molecule has 0 aliphatic heterocycles. The molecule has 142 valence electrons. The van der Waals surface area contributed by atoms with Crippen LogP contribution in [-0.4, -0.2) is 42.1 Å². The highest BCUT2D eigenvalue weighted by molar-refractivity contribution is 5.67. The summed E-state index contributed by atoms with van der Waals surface area (Å²) in [6.45, 7) is 12.7. The fourth-order valence-electron chi connectivity index (χ4n) is 2.93. The second-order valence-corrected chi connectivity index (χ2v) is 7.69. The Bertz CT molecular complexity index is 696. The number of nitrogens with zero attached hydrogens (tertiary/aromatic N) is 3. The summed E-state index contributed by atoms with van der Waals surface area (Å²) >= 11 is 0. The summed E-state index contributed by atoms with van der Waals surface area (Å²) in [7, 11) is 4.12. The van der Waals surface area contributed by atoms with Crippen LogP contribution in [0.15, 0.2) is 24.3 Å². The Morgan fingerprint density at radius 1 is 1.00 bits per heavy atom. The van der Waals surface area contributed by atoms with Gasteiger partial charge in [0, 0.05) is 30.5 Å². The fraction of sp³-hybridized carbons (Fsp3) is 0.524. The standard InChI is InChI=1S/C21H33N5/c1-14(2)17-9-8-10-18(15(3)4)20(17)24-19-13-16(5)23-21(25-19)22-11-12-26(6)7/h8-10,13-15H,11-12H2,1-7H3,(H2,22,23,24,25). The molecule has 0 radical (unpaired) electrons. The molecule has 26 heavy (non-hydrogen) atoms. The summed E-state index contributed by atoms with van der Waals surface area (Å²) in [4.78, 5) is 11.3. The van der Waals surface area contributed by atoms with Crippen molar-refractivity contribution in [3.8, 4) is 0 Å². The minimum atomic E-state index is 0.442. The summed E-state index contributed by atoms with van der Waals surface area (Å²) < 4.78 is 0. The lowest BCUT2D eigenvalue weighted by Crippen LogP contribution is -2.21. The van der Waals surface area contributed by atoms with Gasteiger partial charge < -0.3 is 15.5 Å². The Morgan fingerprint density at radius 3 is 2.15 bits per heavy atom. The second-order valence-electron chi connectivity index (χ2n) is 7.69. The summed E-state index contributed by atoms with van der Waals surface area (Å²) in [5, 5.41) is 6.90. The van der Waals surface area contributed by atoms with Crippen molar-refractivity contribution < 1.29 is 0 Å². The molecular weight excluding hydrogens is 322 g/mol. The van der Waals surface area contributed by atoms with Gasteiger partial charge in [-0.25, -0.2) is 4.98 Å². The molecule has 0 aliphatic carbocycles. The lowest BCUT2D eigenvalue weighted by molar-refractivity contribution is 0.425. The zero-order valence-corrected chi connectivity index (χ0v) is 17.2. The van der Waals surface area contributed by atoms with Crippen LogP contribution in [0.5, 0.6) is 0 Å². The molecule has 0 unspecified atom stereocenters. The van der Waals surface area contributed by atoms with E-state index < -0.39 is 0 Å². The fourth-order valence-corrected chi connectivity index (χ4v) is 2.93. The van der Waals surface area contributed by atoms with E-state index in [1.165, 1.54) is 16.8 Å². The highest BCUT2D eigenvalue weighted by atomic mass is 15.2. The molecule has 0 saturated heterocycles. The van der Waals surface area contributed by atoms with E-state index in [1.807, 2.05) is 13.0 Å². The van der Waals surface area contributed by atoms with Crippen LogP contribution in [0.3, 0.4) is 0 Å². The van der Waals surface area contributed by atoms with Gasteiger partial charge in [-0.3, -0.25) is 0 Å². The number of likely N-dealkylation sites (N-methyl/N-ethyl adjacent to an activating group) is 1. The first-order chi connectivity index (χ1) is 12.3. The average molecular weight is 356 g/mol. The summed E-state index contributed by atoms with van der Waals surface area (Å²) in [5.74, 6) is 2.39. The first-order valence-corrected chi connectivity index (χ1v) is 9.42. The highest BCUT2D eigenvalue weighted by Gasteiger charge is 2.15. The number of aromatic nitrogens is 2. The van der Waals surface area contributed by atoms with E-state index in [9.17, 15) is 0 Å². The zero-order chi connectivity index (χ0) is 19.3. The molecule has 1 aromatic carbocycles. The largest absolute Gasteiger partial charge is 0.353 e. The van der Waals surface area contributed by atoms with Gasteiger partial charge in [0.25, 0.3) is 0 Å². The third-order valence-corrected chi connectivity index (χ3v) is 4.32. The molecule has 0 spiro atoms. The van der Waals surface area contributed by atoms with Crippen molar-refractivity contribution in [2.24, 2.45) is 0 Å². The Hall–Kier alpha value is -2.14. The molecule has 5 heteroatoms.